The average molecular weight is 159 g/mol. The van der Waals surface area contributed by atoms with Gasteiger partial charge in [-0.3, -0.25) is 4.79 Å². The first-order chi connectivity index (χ1) is 5.24. The van der Waals surface area contributed by atoms with E-state index in [4.69, 9.17) is 10.5 Å². The Balaban J connectivity index is 3.54. The van der Waals surface area contributed by atoms with E-state index in [-0.39, 0.29) is 11.9 Å². The molecule has 0 amide bonds. The van der Waals surface area contributed by atoms with E-state index in [1.165, 1.54) is 0 Å². The monoisotopic (exact) mass is 159 g/mol. The molecule has 0 aliphatic carbocycles. The molecule has 0 aromatic rings. The first-order valence-electron chi connectivity index (χ1n) is 4.10. The van der Waals surface area contributed by atoms with Crippen molar-refractivity contribution in [2.75, 3.05) is 13.2 Å². The van der Waals surface area contributed by atoms with Crippen LogP contribution in [0.2, 0.25) is 0 Å². The van der Waals surface area contributed by atoms with Gasteiger partial charge in [0.25, 0.3) is 0 Å². The zero-order valence-electron chi connectivity index (χ0n) is 7.30. The van der Waals surface area contributed by atoms with Gasteiger partial charge in [-0.1, -0.05) is 13.3 Å². The van der Waals surface area contributed by atoms with Gasteiger partial charge in [0.05, 0.1) is 6.61 Å². The fraction of sp³-hybridized carbons (Fsp3) is 0.875. The standard InChI is InChI=1S/C8H17NO2/c1-3-7(6-9)5-8(10)11-4-2/h7H,3-6,9H2,1-2H3. The minimum atomic E-state index is -0.134. The maximum absolute atomic E-state index is 10.9. The Morgan fingerprint density at radius 2 is 2.18 bits per heavy atom. The number of carbonyl (C=O) groups is 1. The van der Waals surface area contributed by atoms with Crippen molar-refractivity contribution in [2.24, 2.45) is 11.7 Å². The number of hydrogen-bond donors (Lipinski definition) is 1. The molecule has 0 aliphatic heterocycles. The van der Waals surface area contributed by atoms with Crippen LogP contribution in [-0.4, -0.2) is 19.1 Å². The highest BCUT2D eigenvalue weighted by Crippen LogP contribution is 2.06. The molecule has 1 unspecified atom stereocenters. The summed E-state index contributed by atoms with van der Waals surface area (Å²) in [6, 6.07) is 0. The molecular weight excluding hydrogens is 142 g/mol. The summed E-state index contributed by atoms with van der Waals surface area (Å²) in [5.74, 6) is 0.152. The highest BCUT2D eigenvalue weighted by atomic mass is 16.5. The van der Waals surface area contributed by atoms with Gasteiger partial charge in [-0.15, -0.1) is 0 Å². The highest BCUT2D eigenvalue weighted by molar-refractivity contribution is 5.69. The number of rotatable bonds is 5. The Labute approximate surface area is 67.9 Å². The molecule has 0 saturated carbocycles. The summed E-state index contributed by atoms with van der Waals surface area (Å²) >= 11 is 0. The summed E-state index contributed by atoms with van der Waals surface area (Å²) in [5, 5.41) is 0. The molecule has 0 rings (SSSR count). The Kier molecular flexibility index (Phi) is 5.84. The predicted octanol–water partition coefficient (Wildman–Crippen LogP) is 0.924. The van der Waals surface area contributed by atoms with Gasteiger partial charge >= 0.3 is 5.97 Å². The zero-order chi connectivity index (χ0) is 8.69. The van der Waals surface area contributed by atoms with Crippen LogP contribution in [-0.2, 0) is 9.53 Å². The van der Waals surface area contributed by atoms with E-state index in [1.807, 2.05) is 6.92 Å². The van der Waals surface area contributed by atoms with Gasteiger partial charge < -0.3 is 10.5 Å². The van der Waals surface area contributed by atoms with Crippen molar-refractivity contribution in [1.29, 1.82) is 0 Å². The van der Waals surface area contributed by atoms with Crippen molar-refractivity contribution in [3.05, 3.63) is 0 Å². The molecule has 0 bridgehead atoms. The van der Waals surface area contributed by atoms with Gasteiger partial charge in [0.15, 0.2) is 0 Å². The second kappa shape index (κ2) is 6.16. The molecule has 3 nitrogen and oxygen atoms in total. The van der Waals surface area contributed by atoms with E-state index in [2.05, 4.69) is 0 Å². The normalized spacial score (nSPS) is 12.6. The van der Waals surface area contributed by atoms with Crippen LogP contribution >= 0.6 is 0 Å². The molecular formula is C8H17NO2. The SMILES string of the molecule is CCOC(=O)CC(CC)CN. The molecule has 0 aromatic carbocycles. The molecule has 0 heterocycles. The third-order valence-corrected chi connectivity index (χ3v) is 1.67. The smallest absolute Gasteiger partial charge is 0.306 e. The second-order valence-corrected chi connectivity index (χ2v) is 2.52. The molecule has 3 heteroatoms. The van der Waals surface area contributed by atoms with E-state index < -0.39 is 0 Å². The third kappa shape index (κ3) is 4.79. The minimum absolute atomic E-state index is 0.134. The van der Waals surface area contributed by atoms with Crippen LogP contribution in [0.15, 0.2) is 0 Å². The number of carbonyl (C=O) groups excluding carboxylic acids is 1. The second-order valence-electron chi connectivity index (χ2n) is 2.52. The van der Waals surface area contributed by atoms with Gasteiger partial charge in [0.1, 0.15) is 0 Å². The summed E-state index contributed by atoms with van der Waals surface area (Å²) in [4.78, 5) is 10.9. The minimum Gasteiger partial charge on any atom is -0.466 e. The fourth-order valence-electron chi connectivity index (χ4n) is 0.850. The van der Waals surface area contributed by atoms with Gasteiger partial charge in [0.2, 0.25) is 0 Å². The Morgan fingerprint density at radius 1 is 1.55 bits per heavy atom. The highest BCUT2D eigenvalue weighted by Gasteiger charge is 2.10. The van der Waals surface area contributed by atoms with E-state index in [0.717, 1.165) is 6.42 Å². The Morgan fingerprint density at radius 3 is 2.55 bits per heavy atom. The van der Waals surface area contributed by atoms with Gasteiger partial charge in [-0.2, -0.15) is 0 Å². The maximum atomic E-state index is 10.9. The van der Waals surface area contributed by atoms with Crippen molar-refractivity contribution >= 4 is 5.97 Å². The number of ether oxygens (including phenoxy) is 1. The van der Waals surface area contributed by atoms with Gasteiger partial charge in [-0.05, 0) is 19.4 Å². The van der Waals surface area contributed by atoms with Crippen molar-refractivity contribution in [2.45, 2.75) is 26.7 Å². The van der Waals surface area contributed by atoms with Gasteiger partial charge in [0, 0.05) is 6.42 Å². The summed E-state index contributed by atoms with van der Waals surface area (Å²) in [7, 11) is 0. The average Bonchev–Trinajstić information content (AvgIpc) is 2.01. The summed E-state index contributed by atoms with van der Waals surface area (Å²) in [6.07, 6.45) is 1.40. The predicted molar refractivity (Wildman–Crippen MR) is 44.1 cm³/mol. The number of esters is 1. The van der Waals surface area contributed by atoms with Crippen LogP contribution in [0.5, 0.6) is 0 Å². The van der Waals surface area contributed by atoms with E-state index >= 15 is 0 Å². The molecule has 1 atom stereocenters. The molecule has 2 N–H and O–H groups in total. The topological polar surface area (TPSA) is 52.3 Å². The molecule has 0 aromatic heterocycles. The van der Waals surface area contributed by atoms with Crippen LogP contribution in [0.4, 0.5) is 0 Å². The van der Waals surface area contributed by atoms with E-state index in [1.54, 1.807) is 6.92 Å². The van der Waals surface area contributed by atoms with Crippen molar-refractivity contribution in [3.8, 4) is 0 Å². The van der Waals surface area contributed by atoms with Crippen LogP contribution in [0.25, 0.3) is 0 Å². The number of hydrogen-bond acceptors (Lipinski definition) is 3. The fourth-order valence-corrected chi connectivity index (χ4v) is 0.850. The van der Waals surface area contributed by atoms with Crippen molar-refractivity contribution < 1.29 is 9.53 Å². The van der Waals surface area contributed by atoms with Crippen LogP contribution in [0, 0.1) is 5.92 Å². The summed E-state index contributed by atoms with van der Waals surface area (Å²) in [6.45, 7) is 4.85. The molecule has 0 radical (unpaired) electrons. The van der Waals surface area contributed by atoms with Crippen LogP contribution < -0.4 is 5.73 Å². The lowest BCUT2D eigenvalue weighted by Gasteiger charge is -2.09. The lowest BCUT2D eigenvalue weighted by Crippen LogP contribution is -2.18. The van der Waals surface area contributed by atoms with Crippen LogP contribution in [0.3, 0.4) is 0 Å². The maximum Gasteiger partial charge on any atom is 0.306 e. The van der Waals surface area contributed by atoms with Crippen LogP contribution in [0.1, 0.15) is 26.7 Å². The lowest BCUT2D eigenvalue weighted by molar-refractivity contribution is -0.144. The lowest BCUT2D eigenvalue weighted by atomic mass is 10.0. The molecule has 66 valence electrons. The first-order valence-corrected chi connectivity index (χ1v) is 4.10. The summed E-state index contributed by atoms with van der Waals surface area (Å²) < 4.78 is 4.78. The molecule has 0 fully saturated rings. The quantitative estimate of drug-likeness (QED) is 0.607. The Bertz CT molecular complexity index is 111. The molecule has 0 saturated heterocycles. The molecule has 0 spiro atoms. The van der Waals surface area contributed by atoms with Crippen molar-refractivity contribution in [1.82, 2.24) is 0 Å². The molecule has 0 aliphatic rings. The first kappa shape index (κ1) is 10.4. The van der Waals surface area contributed by atoms with Gasteiger partial charge in [-0.25, -0.2) is 0 Å². The largest absolute Gasteiger partial charge is 0.466 e. The zero-order valence-corrected chi connectivity index (χ0v) is 7.30. The molecule has 11 heavy (non-hydrogen) atoms. The Hall–Kier alpha value is -0.570. The number of nitrogens with two attached hydrogens (primary N) is 1. The van der Waals surface area contributed by atoms with Crippen molar-refractivity contribution in [3.63, 3.8) is 0 Å². The summed E-state index contributed by atoms with van der Waals surface area (Å²) in [5.41, 5.74) is 5.42. The van der Waals surface area contributed by atoms with E-state index in [9.17, 15) is 4.79 Å². The third-order valence-electron chi connectivity index (χ3n) is 1.67. The van der Waals surface area contributed by atoms with E-state index in [0.29, 0.717) is 19.6 Å².